The molecule has 0 spiro atoms. The van der Waals surface area contributed by atoms with E-state index in [9.17, 15) is 14.4 Å². The average Bonchev–Trinajstić information content (AvgIpc) is 3.30. The number of hydrogen-bond donors (Lipinski definition) is 1. The van der Waals surface area contributed by atoms with E-state index in [-0.39, 0.29) is 23.8 Å². The van der Waals surface area contributed by atoms with Crippen LogP contribution in [0, 0.1) is 0 Å². The van der Waals surface area contributed by atoms with Crippen LogP contribution in [0.4, 0.5) is 5.69 Å². The number of anilines is 1. The number of amides is 3. The van der Waals surface area contributed by atoms with Gasteiger partial charge in [0.1, 0.15) is 6.04 Å². The minimum absolute atomic E-state index is 0.0279. The van der Waals surface area contributed by atoms with E-state index in [0.717, 1.165) is 24.8 Å². The Morgan fingerprint density at radius 2 is 1.66 bits per heavy atom. The van der Waals surface area contributed by atoms with Gasteiger partial charge in [0, 0.05) is 18.2 Å². The van der Waals surface area contributed by atoms with Crippen LogP contribution >= 0.6 is 0 Å². The minimum atomic E-state index is -0.393. The number of fused-ring (bicyclic) bond motifs is 2. The summed E-state index contributed by atoms with van der Waals surface area (Å²) in [6, 6.07) is 14.7. The molecule has 2 aliphatic heterocycles. The highest BCUT2D eigenvalue weighted by Crippen LogP contribution is 2.33. The predicted octanol–water partition coefficient (Wildman–Crippen LogP) is 3.90. The number of carbonyl (C=O) groups excluding carboxylic acids is 3. The maximum absolute atomic E-state index is 13.4. The van der Waals surface area contributed by atoms with Crippen molar-refractivity contribution in [3.63, 3.8) is 0 Å². The molecular formula is C26H29N3O3. The molecule has 0 bridgehead atoms. The predicted molar refractivity (Wildman–Crippen MR) is 122 cm³/mol. The second-order valence-corrected chi connectivity index (χ2v) is 9.10. The Hall–Kier alpha value is -3.15. The van der Waals surface area contributed by atoms with Gasteiger partial charge in [-0.15, -0.1) is 0 Å². The molecule has 2 fully saturated rings. The molecule has 5 rings (SSSR count). The van der Waals surface area contributed by atoms with Crippen LogP contribution in [0.5, 0.6) is 0 Å². The molecule has 2 aromatic carbocycles. The van der Waals surface area contributed by atoms with Gasteiger partial charge < -0.3 is 15.1 Å². The normalized spacial score (nSPS) is 21.2. The van der Waals surface area contributed by atoms with Crippen molar-refractivity contribution in [3.05, 3.63) is 65.2 Å². The molecule has 2 aromatic rings. The zero-order chi connectivity index (χ0) is 22.1. The summed E-state index contributed by atoms with van der Waals surface area (Å²) in [4.78, 5) is 42.5. The summed E-state index contributed by atoms with van der Waals surface area (Å²) in [5.74, 6) is -0.125. The summed E-state index contributed by atoms with van der Waals surface area (Å²) < 4.78 is 0. The molecule has 3 amide bonds. The number of para-hydroxylation sites is 1. The minimum Gasteiger partial charge on any atom is -0.349 e. The van der Waals surface area contributed by atoms with E-state index in [2.05, 4.69) is 5.32 Å². The maximum atomic E-state index is 13.4. The molecule has 3 aliphatic rings. The highest BCUT2D eigenvalue weighted by atomic mass is 16.2. The highest BCUT2D eigenvalue weighted by Gasteiger charge is 2.41. The van der Waals surface area contributed by atoms with Crippen molar-refractivity contribution in [1.29, 1.82) is 0 Å². The molecule has 1 saturated carbocycles. The van der Waals surface area contributed by atoms with E-state index < -0.39 is 6.04 Å². The maximum Gasteiger partial charge on any atom is 0.256 e. The molecule has 0 aromatic heterocycles. The molecule has 1 N–H and O–H groups in total. The first-order valence-corrected chi connectivity index (χ1v) is 11.7. The van der Waals surface area contributed by atoms with E-state index in [4.69, 9.17) is 0 Å². The van der Waals surface area contributed by atoms with Crippen LogP contribution in [0.15, 0.2) is 48.5 Å². The molecular weight excluding hydrogens is 402 g/mol. The summed E-state index contributed by atoms with van der Waals surface area (Å²) in [5, 5.41) is 3.15. The lowest BCUT2D eigenvalue weighted by Crippen LogP contribution is -2.44. The van der Waals surface area contributed by atoms with Crippen molar-refractivity contribution in [2.75, 3.05) is 11.4 Å². The van der Waals surface area contributed by atoms with Gasteiger partial charge in [-0.3, -0.25) is 14.4 Å². The van der Waals surface area contributed by atoms with Crippen molar-refractivity contribution in [2.45, 2.75) is 63.6 Å². The molecule has 0 unspecified atom stereocenters. The second-order valence-electron chi connectivity index (χ2n) is 9.10. The van der Waals surface area contributed by atoms with Crippen LogP contribution in [0.2, 0.25) is 0 Å². The topological polar surface area (TPSA) is 69.7 Å². The van der Waals surface area contributed by atoms with E-state index in [1.807, 2.05) is 42.5 Å². The van der Waals surface area contributed by atoms with E-state index in [0.29, 0.717) is 36.3 Å². The first kappa shape index (κ1) is 20.7. The van der Waals surface area contributed by atoms with Crippen LogP contribution in [-0.2, 0) is 11.3 Å². The zero-order valence-electron chi connectivity index (χ0n) is 18.3. The quantitative estimate of drug-likeness (QED) is 0.798. The van der Waals surface area contributed by atoms with Gasteiger partial charge in [-0.2, -0.15) is 0 Å². The fourth-order valence-electron chi connectivity index (χ4n) is 5.23. The lowest BCUT2D eigenvalue weighted by molar-refractivity contribution is -0.122. The van der Waals surface area contributed by atoms with Crippen molar-refractivity contribution >= 4 is 23.4 Å². The van der Waals surface area contributed by atoms with Gasteiger partial charge in [0.2, 0.25) is 5.91 Å². The Balaban J connectivity index is 1.35. The molecule has 32 heavy (non-hydrogen) atoms. The number of nitrogens with zero attached hydrogens (tertiary/aromatic N) is 2. The van der Waals surface area contributed by atoms with Gasteiger partial charge in [0.05, 0.1) is 17.8 Å². The van der Waals surface area contributed by atoms with Gasteiger partial charge in [-0.1, -0.05) is 43.5 Å². The van der Waals surface area contributed by atoms with Crippen LogP contribution in [0.3, 0.4) is 0 Å². The number of nitrogens with one attached hydrogen (secondary N) is 1. The van der Waals surface area contributed by atoms with Crippen molar-refractivity contribution in [1.82, 2.24) is 10.2 Å². The van der Waals surface area contributed by atoms with Crippen LogP contribution in [0.1, 0.15) is 71.2 Å². The third-order valence-electron chi connectivity index (χ3n) is 6.99. The molecule has 1 aliphatic carbocycles. The van der Waals surface area contributed by atoms with E-state index in [1.165, 1.54) is 19.3 Å². The first-order valence-electron chi connectivity index (χ1n) is 11.7. The Kier molecular flexibility index (Phi) is 5.68. The smallest absolute Gasteiger partial charge is 0.256 e. The fraction of sp³-hybridized carbons (Fsp3) is 0.423. The Labute approximate surface area is 188 Å². The molecule has 1 saturated heterocycles. The number of hydrogen-bond acceptors (Lipinski definition) is 3. The average molecular weight is 432 g/mol. The fourth-order valence-corrected chi connectivity index (χ4v) is 5.23. The Morgan fingerprint density at radius 3 is 2.44 bits per heavy atom. The van der Waals surface area contributed by atoms with Gasteiger partial charge in [-0.05, 0) is 55.5 Å². The lowest BCUT2D eigenvalue weighted by atomic mass is 9.95. The standard InChI is InChI=1S/C26H29N3O3/c30-24(27-20-7-2-1-3-8-20)19-14-12-18(13-15-19)17-29-22-10-5-4-9-21(22)25(31)28-16-6-11-23(28)26(29)32/h4-5,9-10,12-15,20,23H,1-3,6-8,11,16-17H2,(H,27,30)/t23-/m1/s1. The number of carbonyl (C=O) groups is 3. The number of rotatable bonds is 4. The molecule has 1 atom stereocenters. The largest absolute Gasteiger partial charge is 0.349 e. The van der Waals surface area contributed by atoms with E-state index >= 15 is 0 Å². The second kappa shape index (κ2) is 8.77. The SMILES string of the molecule is O=C(NC1CCCCC1)c1ccc(CN2C(=O)[C@H]3CCCN3C(=O)c3ccccc32)cc1. The molecule has 6 nitrogen and oxygen atoms in total. The monoisotopic (exact) mass is 431 g/mol. The summed E-state index contributed by atoms with van der Waals surface area (Å²) in [7, 11) is 0. The third kappa shape index (κ3) is 3.90. The Bertz CT molecular complexity index is 1030. The highest BCUT2D eigenvalue weighted by molar-refractivity contribution is 6.11. The van der Waals surface area contributed by atoms with Gasteiger partial charge in [-0.25, -0.2) is 0 Å². The van der Waals surface area contributed by atoms with E-state index in [1.54, 1.807) is 15.9 Å². The van der Waals surface area contributed by atoms with Crippen LogP contribution < -0.4 is 10.2 Å². The Morgan fingerprint density at radius 1 is 0.906 bits per heavy atom. The number of benzene rings is 2. The van der Waals surface area contributed by atoms with Crippen molar-refractivity contribution in [2.24, 2.45) is 0 Å². The van der Waals surface area contributed by atoms with Crippen molar-refractivity contribution < 1.29 is 14.4 Å². The van der Waals surface area contributed by atoms with Gasteiger partial charge in [0.25, 0.3) is 11.8 Å². The molecule has 6 heteroatoms. The van der Waals surface area contributed by atoms with Crippen molar-refractivity contribution in [3.8, 4) is 0 Å². The molecule has 166 valence electrons. The summed E-state index contributed by atoms with van der Waals surface area (Å²) in [6.45, 7) is 1.00. The summed E-state index contributed by atoms with van der Waals surface area (Å²) in [5.41, 5.74) is 2.81. The van der Waals surface area contributed by atoms with Gasteiger partial charge in [0.15, 0.2) is 0 Å². The third-order valence-corrected chi connectivity index (χ3v) is 6.99. The summed E-state index contributed by atoms with van der Waals surface area (Å²) >= 11 is 0. The molecule has 0 radical (unpaired) electrons. The summed E-state index contributed by atoms with van der Waals surface area (Å²) in [6.07, 6.45) is 7.27. The van der Waals surface area contributed by atoms with Crippen LogP contribution in [0.25, 0.3) is 0 Å². The van der Waals surface area contributed by atoms with Crippen LogP contribution in [-0.4, -0.2) is 41.2 Å². The van der Waals surface area contributed by atoms with Gasteiger partial charge >= 0.3 is 0 Å². The first-order chi connectivity index (χ1) is 15.6. The zero-order valence-corrected chi connectivity index (χ0v) is 18.3. The molecule has 2 heterocycles. The lowest BCUT2D eigenvalue weighted by Gasteiger charge is -2.26.